The van der Waals surface area contributed by atoms with Crippen LogP contribution in [-0.2, 0) is 13.2 Å². The molecule has 0 spiro atoms. The number of nitrogens with zero attached hydrogens (tertiary/aromatic N) is 3. The molecule has 6 nitrogen and oxygen atoms in total. The van der Waals surface area contributed by atoms with E-state index in [2.05, 4.69) is 10.2 Å². The van der Waals surface area contributed by atoms with Crippen molar-refractivity contribution in [2.45, 2.75) is 25.2 Å². The van der Waals surface area contributed by atoms with Crippen molar-refractivity contribution in [3.05, 3.63) is 95.5 Å². The molecule has 0 aliphatic heterocycles. The number of aryl methyl sites for hydroxylation is 1. The van der Waals surface area contributed by atoms with E-state index < -0.39 is 0 Å². The maximum Gasteiger partial charge on any atom is 0.192 e. The zero-order chi connectivity index (χ0) is 21.6. The Bertz CT molecular complexity index is 1140. The molecule has 0 radical (unpaired) electrons. The van der Waals surface area contributed by atoms with Crippen LogP contribution >= 0.6 is 11.8 Å². The molecule has 0 aliphatic carbocycles. The number of aromatic nitrogens is 3. The summed E-state index contributed by atoms with van der Waals surface area (Å²) in [5.74, 6) is 1.76. The van der Waals surface area contributed by atoms with Crippen LogP contribution in [0.3, 0.4) is 0 Å². The lowest BCUT2D eigenvalue weighted by Gasteiger charge is -2.10. The summed E-state index contributed by atoms with van der Waals surface area (Å²) in [5, 5.41) is 9.08. The first-order chi connectivity index (χ1) is 15.1. The molecular formula is C23H20FN3O3S. The van der Waals surface area contributed by atoms with Crippen LogP contribution in [0.25, 0.3) is 0 Å². The Balaban J connectivity index is 1.48. The number of hydrogen-bond donors (Lipinski definition) is 0. The number of ether oxygens (including phenoxy) is 1. The highest BCUT2D eigenvalue weighted by Gasteiger charge is 2.17. The molecule has 2 heterocycles. The number of halogens is 1. The maximum absolute atomic E-state index is 13.1. The van der Waals surface area contributed by atoms with Gasteiger partial charge in [0.2, 0.25) is 0 Å². The Morgan fingerprint density at radius 3 is 2.58 bits per heavy atom. The van der Waals surface area contributed by atoms with Crippen molar-refractivity contribution >= 4 is 17.5 Å². The zero-order valence-electron chi connectivity index (χ0n) is 16.8. The smallest absolute Gasteiger partial charge is 0.192 e. The average Bonchev–Trinajstić information content (AvgIpc) is 3.43. The van der Waals surface area contributed by atoms with E-state index in [0.717, 1.165) is 17.1 Å². The molecule has 0 fully saturated rings. The average molecular weight is 437 g/mol. The SMILES string of the molecule is Cc1ccc(OCc2nnc(SCC(=O)c3ccc(F)cc3)n2Cc2ccco2)cc1. The first kappa shape index (κ1) is 20.9. The molecule has 2 aromatic carbocycles. The third-order valence-electron chi connectivity index (χ3n) is 4.57. The van der Waals surface area contributed by atoms with Gasteiger partial charge >= 0.3 is 0 Å². The highest BCUT2D eigenvalue weighted by atomic mass is 32.2. The predicted molar refractivity (Wildman–Crippen MR) is 115 cm³/mol. The molecule has 31 heavy (non-hydrogen) atoms. The van der Waals surface area contributed by atoms with E-state index in [4.69, 9.17) is 9.15 Å². The standard InChI is InChI=1S/C23H20FN3O3S/c1-16-4-10-19(11-5-16)30-14-22-25-26-23(27(22)13-20-3-2-12-29-20)31-15-21(28)17-6-8-18(24)9-7-17/h2-12H,13-15H2,1H3. The zero-order valence-corrected chi connectivity index (χ0v) is 17.6. The highest BCUT2D eigenvalue weighted by Crippen LogP contribution is 2.22. The monoisotopic (exact) mass is 437 g/mol. The summed E-state index contributed by atoms with van der Waals surface area (Å²) in [6.07, 6.45) is 1.60. The first-order valence-electron chi connectivity index (χ1n) is 9.64. The van der Waals surface area contributed by atoms with Crippen molar-refractivity contribution in [2.24, 2.45) is 0 Å². The maximum atomic E-state index is 13.1. The number of hydrogen-bond acceptors (Lipinski definition) is 6. The van der Waals surface area contributed by atoms with Crippen LogP contribution in [0.2, 0.25) is 0 Å². The molecule has 0 saturated heterocycles. The van der Waals surface area contributed by atoms with Gasteiger partial charge in [-0.25, -0.2) is 4.39 Å². The van der Waals surface area contributed by atoms with Gasteiger partial charge in [-0.1, -0.05) is 29.5 Å². The molecule has 2 aromatic heterocycles. The van der Waals surface area contributed by atoms with E-state index in [-0.39, 0.29) is 24.0 Å². The van der Waals surface area contributed by atoms with Gasteiger partial charge in [-0.3, -0.25) is 9.36 Å². The van der Waals surface area contributed by atoms with Crippen LogP contribution in [0.1, 0.15) is 27.5 Å². The van der Waals surface area contributed by atoms with Crippen LogP contribution in [0, 0.1) is 12.7 Å². The Morgan fingerprint density at radius 1 is 1.10 bits per heavy atom. The summed E-state index contributed by atoms with van der Waals surface area (Å²) in [6, 6.07) is 16.9. The molecule has 4 aromatic rings. The van der Waals surface area contributed by atoms with Gasteiger partial charge in [-0.05, 0) is 55.5 Å². The first-order valence-corrected chi connectivity index (χ1v) is 10.6. The van der Waals surface area contributed by atoms with E-state index in [9.17, 15) is 9.18 Å². The van der Waals surface area contributed by atoms with E-state index in [1.165, 1.54) is 36.0 Å². The van der Waals surface area contributed by atoms with Gasteiger partial charge in [-0.15, -0.1) is 10.2 Å². The van der Waals surface area contributed by atoms with E-state index in [1.807, 2.05) is 47.9 Å². The van der Waals surface area contributed by atoms with Crippen LogP contribution in [-0.4, -0.2) is 26.3 Å². The fourth-order valence-corrected chi connectivity index (χ4v) is 3.73. The number of ketones is 1. The minimum absolute atomic E-state index is 0.116. The van der Waals surface area contributed by atoms with Gasteiger partial charge in [0.1, 0.15) is 23.9 Å². The lowest BCUT2D eigenvalue weighted by atomic mass is 10.1. The summed E-state index contributed by atoms with van der Waals surface area (Å²) in [4.78, 5) is 12.5. The minimum atomic E-state index is -0.374. The van der Waals surface area contributed by atoms with Crippen molar-refractivity contribution in [3.63, 3.8) is 0 Å². The summed E-state index contributed by atoms with van der Waals surface area (Å²) in [6.45, 7) is 2.66. The van der Waals surface area contributed by atoms with E-state index >= 15 is 0 Å². The summed E-state index contributed by atoms with van der Waals surface area (Å²) in [7, 11) is 0. The van der Waals surface area contributed by atoms with Crippen molar-refractivity contribution in [1.29, 1.82) is 0 Å². The number of carbonyl (C=O) groups is 1. The van der Waals surface area contributed by atoms with Gasteiger partial charge in [-0.2, -0.15) is 0 Å². The molecule has 0 bridgehead atoms. The van der Waals surface area contributed by atoms with Gasteiger partial charge in [0.05, 0.1) is 18.6 Å². The quantitative estimate of drug-likeness (QED) is 0.273. The van der Waals surface area contributed by atoms with Gasteiger partial charge in [0, 0.05) is 5.56 Å². The molecule has 0 unspecified atom stereocenters. The van der Waals surface area contributed by atoms with Crippen molar-refractivity contribution in [1.82, 2.24) is 14.8 Å². The van der Waals surface area contributed by atoms with E-state index in [1.54, 1.807) is 6.26 Å². The van der Waals surface area contributed by atoms with Crippen molar-refractivity contribution in [3.8, 4) is 5.75 Å². The number of thioether (sulfide) groups is 1. The molecule has 0 amide bonds. The minimum Gasteiger partial charge on any atom is -0.486 e. The Morgan fingerprint density at radius 2 is 1.87 bits per heavy atom. The molecule has 0 N–H and O–H groups in total. The molecule has 0 saturated carbocycles. The van der Waals surface area contributed by atoms with Gasteiger partial charge in [0.15, 0.2) is 16.8 Å². The number of Topliss-reactive ketones (excluding diaryl/α,β-unsaturated/α-hetero) is 1. The molecule has 4 rings (SSSR count). The summed E-state index contributed by atoms with van der Waals surface area (Å²) < 4.78 is 26.3. The topological polar surface area (TPSA) is 70.2 Å². The second kappa shape index (κ2) is 9.61. The van der Waals surface area contributed by atoms with Gasteiger partial charge in [0.25, 0.3) is 0 Å². The Kier molecular flexibility index (Phi) is 6.47. The molecule has 8 heteroatoms. The fourth-order valence-electron chi connectivity index (χ4n) is 2.88. The lowest BCUT2D eigenvalue weighted by Crippen LogP contribution is -2.10. The second-order valence-electron chi connectivity index (χ2n) is 6.88. The van der Waals surface area contributed by atoms with Crippen LogP contribution in [0.15, 0.2) is 76.5 Å². The summed E-state index contributed by atoms with van der Waals surface area (Å²) in [5.41, 5.74) is 1.60. The highest BCUT2D eigenvalue weighted by molar-refractivity contribution is 7.99. The number of furan rings is 1. The molecule has 0 aliphatic rings. The fraction of sp³-hybridized carbons (Fsp3) is 0.174. The van der Waals surface area contributed by atoms with Crippen molar-refractivity contribution < 1.29 is 18.3 Å². The molecule has 158 valence electrons. The van der Waals surface area contributed by atoms with Crippen LogP contribution in [0.5, 0.6) is 5.75 Å². The summed E-state index contributed by atoms with van der Waals surface area (Å²) >= 11 is 1.27. The lowest BCUT2D eigenvalue weighted by molar-refractivity contribution is 0.102. The molecule has 0 atom stereocenters. The third kappa shape index (κ3) is 5.40. The second-order valence-corrected chi connectivity index (χ2v) is 7.83. The van der Waals surface area contributed by atoms with Crippen LogP contribution in [0.4, 0.5) is 4.39 Å². The van der Waals surface area contributed by atoms with Crippen LogP contribution < -0.4 is 4.74 Å². The van der Waals surface area contributed by atoms with E-state index in [0.29, 0.717) is 23.1 Å². The third-order valence-corrected chi connectivity index (χ3v) is 5.54. The predicted octanol–water partition coefficient (Wildman–Crippen LogP) is 4.92. The molecular weight excluding hydrogens is 417 g/mol. The number of carbonyl (C=O) groups excluding carboxylic acids is 1. The van der Waals surface area contributed by atoms with Gasteiger partial charge < -0.3 is 9.15 Å². The normalized spacial score (nSPS) is 10.9. The number of benzene rings is 2. The Hall–Kier alpha value is -3.39. The van der Waals surface area contributed by atoms with Crippen molar-refractivity contribution in [2.75, 3.05) is 5.75 Å². The Labute approximate surface area is 183 Å². The largest absolute Gasteiger partial charge is 0.486 e. The number of rotatable bonds is 9.